The Morgan fingerprint density at radius 1 is 1.62 bits per heavy atom. The zero-order chi connectivity index (χ0) is 11.4. The summed E-state index contributed by atoms with van der Waals surface area (Å²) in [6.07, 6.45) is 2.90. The SMILES string of the molecule is O=C(CSc1cccs1)NC1(CO)CCC1. The van der Waals surface area contributed by atoms with Crippen LogP contribution in [-0.4, -0.2) is 28.9 Å². The van der Waals surface area contributed by atoms with Crippen molar-refractivity contribution in [3.63, 3.8) is 0 Å². The predicted molar refractivity (Wildman–Crippen MR) is 66.9 cm³/mol. The summed E-state index contributed by atoms with van der Waals surface area (Å²) < 4.78 is 1.15. The van der Waals surface area contributed by atoms with Crippen molar-refractivity contribution in [3.05, 3.63) is 17.5 Å². The number of hydrogen-bond donors (Lipinski definition) is 2. The van der Waals surface area contributed by atoms with Crippen LogP contribution in [0, 0.1) is 0 Å². The average molecular weight is 257 g/mol. The van der Waals surface area contributed by atoms with E-state index >= 15 is 0 Å². The Hall–Kier alpha value is -0.520. The van der Waals surface area contributed by atoms with Crippen LogP contribution in [0.2, 0.25) is 0 Å². The molecule has 3 nitrogen and oxygen atoms in total. The van der Waals surface area contributed by atoms with E-state index in [1.807, 2.05) is 17.5 Å². The van der Waals surface area contributed by atoms with Gasteiger partial charge in [0.1, 0.15) is 0 Å². The Balaban J connectivity index is 1.76. The summed E-state index contributed by atoms with van der Waals surface area (Å²) >= 11 is 3.19. The number of carbonyl (C=O) groups is 1. The molecule has 1 aliphatic rings. The van der Waals surface area contributed by atoms with Crippen molar-refractivity contribution >= 4 is 29.0 Å². The van der Waals surface area contributed by atoms with Gasteiger partial charge in [-0.1, -0.05) is 6.07 Å². The second-order valence-electron chi connectivity index (χ2n) is 4.06. The molecule has 2 N–H and O–H groups in total. The predicted octanol–water partition coefficient (Wildman–Crippen LogP) is 1.87. The lowest BCUT2D eigenvalue weighted by Crippen LogP contribution is -2.56. The lowest BCUT2D eigenvalue weighted by atomic mass is 9.77. The number of aliphatic hydroxyl groups excluding tert-OH is 1. The molecule has 1 heterocycles. The maximum Gasteiger partial charge on any atom is 0.230 e. The Labute approximate surface area is 103 Å². The molecule has 1 fully saturated rings. The maximum absolute atomic E-state index is 11.7. The fourth-order valence-electron chi connectivity index (χ4n) is 1.74. The van der Waals surface area contributed by atoms with E-state index < -0.39 is 0 Å². The maximum atomic E-state index is 11.7. The third-order valence-corrected chi connectivity index (χ3v) is 4.99. The van der Waals surface area contributed by atoms with E-state index in [1.54, 1.807) is 23.1 Å². The van der Waals surface area contributed by atoms with Gasteiger partial charge in [0, 0.05) is 0 Å². The van der Waals surface area contributed by atoms with Gasteiger partial charge in [-0.3, -0.25) is 4.79 Å². The number of rotatable bonds is 5. The zero-order valence-electron chi connectivity index (χ0n) is 8.94. The molecule has 0 saturated heterocycles. The van der Waals surface area contributed by atoms with Gasteiger partial charge in [-0.15, -0.1) is 23.1 Å². The van der Waals surface area contributed by atoms with E-state index in [1.165, 1.54) is 0 Å². The number of aliphatic hydroxyl groups is 1. The summed E-state index contributed by atoms with van der Waals surface area (Å²) in [5.74, 6) is 0.453. The first-order valence-electron chi connectivity index (χ1n) is 5.32. The molecule has 16 heavy (non-hydrogen) atoms. The van der Waals surface area contributed by atoms with E-state index in [4.69, 9.17) is 0 Å². The van der Waals surface area contributed by atoms with Crippen molar-refractivity contribution in [1.82, 2.24) is 5.32 Å². The number of hydrogen-bond acceptors (Lipinski definition) is 4. The van der Waals surface area contributed by atoms with Crippen LogP contribution in [0.3, 0.4) is 0 Å². The summed E-state index contributed by atoms with van der Waals surface area (Å²) in [5.41, 5.74) is -0.312. The average Bonchev–Trinajstić information content (AvgIpc) is 2.73. The number of amides is 1. The monoisotopic (exact) mass is 257 g/mol. The topological polar surface area (TPSA) is 49.3 Å². The standard InChI is InChI=1S/C11H15NO2S2/c13-8-11(4-2-5-11)12-9(14)7-16-10-3-1-6-15-10/h1,3,6,13H,2,4-5,7-8H2,(H,12,14). The molecule has 0 aromatic carbocycles. The number of thiophene rings is 1. The molecular weight excluding hydrogens is 242 g/mol. The third-order valence-electron chi connectivity index (χ3n) is 2.86. The van der Waals surface area contributed by atoms with Crippen LogP contribution in [0.25, 0.3) is 0 Å². The quantitative estimate of drug-likeness (QED) is 0.792. The smallest absolute Gasteiger partial charge is 0.230 e. The van der Waals surface area contributed by atoms with E-state index in [0.717, 1.165) is 23.5 Å². The summed E-state index contributed by atoms with van der Waals surface area (Å²) in [5, 5.41) is 14.2. The van der Waals surface area contributed by atoms with Gasteiger partial charge in [-0.2, -0.15) is 0 Å². The molecule has 1 aromatic heterocycles. The molecule has 1 aromatic rings. The van der Waals surface area contributed by atoms with Crippen molar-refractivity contribution in [3.8, 4) is 0 Å². The summed E-state index contributed by atoms with van der Waals surface area (Å²) in [7, 11) is 0. The first kappa shape index (κ1) is 12.0. The second-order valence-corrected chi connectivity index (χ2v) is 6.28. The molecule has 2 rings (SSSR count). The van der Waals surface area contributed by atoms with Crippen LogP contribution in [0.15, 0.2) is 21.7 Å². The zero-order valence-corrected chi connectivity index (χ0v) is 10.6. The summed E-state index contributed by atoms with van der Waals surface area (Å²) in [6, 6.07) is 3.99. The second kappa shape index (κ2) is 5.21. The van der Waals surface area contributed by atoms with Crippen LogP contribution >= 0.6 is 23.1 Å². The first-order chi connectivity index (χ1) is 7.74. The van der Waals surface area contributed by atoms with Crippen LogP contribution in [0.4, 0.5) is 0 Å². The summed E-state index contributed by atoms with van der Waals surface area (Å²) in [6.45, 7) is 0.0579. The molecule has 0 aliphatic heterocycles. The fraction of sp³-hybridized carbons (Fsp3) is 0.545. The van der Waals surface area contributed by atoms with Crippen molar-refractivity contribution in [2.24, 2.45) is 0 Å². The van der Waals surface area contributed by atoms with E-state index in [9.17, 15) is 9.90 Å². The molecule has 1 amide bonds. The third kappa shape index (κ3) is 2.78. The Bertz CT molecular complexity index is 341. The van der Waals surface area contributed by atoms with Crippen molar-refractivity contribution < 1.29 is 9.90 Å². The van der Waals surface area contributed by atoms with Gasteiger partial charge in [-0.25, -0.2) is 0 Å². The minimum absolute atomic E-state index is 0.0205. The number of nitrogens with one attached hydrogen (secondary N) is 1. The van der Waals surface area contributed by atoms with Gasteiger partial charge in [0.15, 0.2) is 0 Å². The number of thioether (sulfide) groups is 1. The molecule has 5 heteroatoms. The highest BCUT2D eigenvalue weighted by molar-refractivity contribution is 8.01. The Morgan fingerprint density at radius 2 is 2.44 bits per heavy atom. The fourth-order valence-corrected chi connectivity index (χ4v) is 3.32. The first-order valence-corrected chi connectivity index (χ1v) is 7.19. The van der Waals surface area contributed by atoms with Gasteiger partial charge in [-0.05, 0) is 30.7 Å². The van der Waals surface area contributed by atoms with Crippen molar-refractivity contribution in [2.75, 3.05) is 12.4 Å². The van der Waals surface area contributed by atoms with Crippen molar-refractivity contribution in [1.29, 1.82) is 0 Å². The molecule has 0 bridgehead atoms. The highest BCUT2D eigenvalue weighted by Gasteiger charge is 2.37. The highest BCUT2D eigenvalue weighted by atomic mass is 32.2. The van der Waals surface area contributed by atoms with Gasteiger partial charge in [0.25, 0.3) is 0 Å². The molecular formula is C11H15NO2S2. The van der Waals surface area contributed by atoms with Crippen LogP contribution < -0.4 is 5.32 Å². The Kier molecular flexibility index (Phi) is 3.89. The molecule has 0 spiro atoms. The normalized spacial score (nSPS) is 17.8. The molecule has 1 saturated carbocycles. The van der Waals surface area contributed by atoms with Gasteiger partial charge in [0.2, 0.25) is 5.91 Å². The van der Waals surface area contributed by atoms with E-state index in [-0.39, 0.29) is 18.1 Å². The van der Waals surface area contributed by atoms with Crippen molar-refractivity contribution in [2.45, 2.75) is 29.0 Å². The molecule has 1 aliphatic carbocycles. The Morgan fingerprint density at radius 3 is 2.94 bits per heavy atom. The van der Waals surface area contributed by atoms with Crippen LogP contribution in [-0.2, 0) is 4.79 Å². The molecule has 88 valence electrons. The highest BCUT2D eigenvalue weighted by Crippen LogP contribution is 2.31. The number of carbonyl (C=O) groups excluding carboxylic acids is 1. The largest absolute Gasteiger partial charge is 0.394 e. The van der Waals surface area contributed by atoms with Crippen LogP contribution in [0.5, 0.6) is 0 Å². The van der Waals surface area contributed by atoms with E-state index in [0.29, 0.717) is 5.75 Å². The molecule has 0 radical (unpaired) electrons. The minimum Gasteiger partial charge on any atom is -0.394 e. The van der Waals surface area contributed by atoms with E-state index in [2.05, 4.69) is 5.32 Å². The van der Waals surface area contributed by atoms with Gasteiger partial charge >= 0.3 is 0 Å². The molecule has 0 unspecified atom stereocenters. The molecule has 0 atom stereocenters. The summed E-state index contributed by atoms with van der Waals surface area (Å²) in [4.78, 5) is 11.7. The lowest BCUT2D eigenvalue weighted by Gasteiger charge is -2.40. The van der Waals surface area contributed by atoms with Gasteiger partial charge in [0.05, 0.1) is 22.1 Å². The van der Waals surface area contributed by atoms with Crippen LogP contribution in [0.1, 0.15) is 19.3 Å². The lowest BCUT2D eigenvalue weighted by molar-refractivity contribution is -0.122. The van der Waals surface area contributed by atoms with Gasteiger partial charge < -0.3 is 10.4 Å². The minimum atomic E-state index is -0.312.